The highest BCUT2D eigenvalue weighted by atomic mass is 32.2. The van der Waals surface area contributed by atoms with Gasteiger partial charge in [-0.05, 0) is 44.7 Å². The van der Waals surface area contributed by atoms with Crippen LogP contribution in [0.5, 0.6) is 0 Å². The van der Waals surface area contributed by atoms with Gasteiger partial charge in [0, 0.05) is 31.5 Å². The highest BCUT2D eigenvalue weighted by molar-refractivity contribution is 7.92. The van der Waals surface area contributed by atoms with E-state index in [1.807, 2.05) is 19.1 Å². The van der Waals surface area contributed by atoms with E-state index in [0.717, 1.165) is 18.4 Å². The second kappa shape index (κ2) is 7.38. The van der Waals surface area contributed by atoms with Crippen LogP contribution in [0.2, 0.25) is 0 Å². The first kappa shape index (κ1) is 19.5. The third-order valence-corrected chi connectivity index (χ3v) is 6.97. The molecule has 0 radical (unpaired) electrons. The molecule has 0 saturated carbocycles. The van der Waals surface area contributed by atoms with E-state index in [2.05, 4.69) is 4.72 Å². The minimum Gasteiger partial charge on any atom is -0.350 e. The van der Waals surface area contributed by atoms with E-state index in [1.165, 1.54) is 0 Å². The molecule has 2 aromatic rings. The lowest BCUT2D eigenvalue weighted by molar-refractivity contribution is 0.0788. The van der Waals surface area contributed by atoms with Crippen LogP contribution in [0, 0.1) is 13.8 Å². The van der Waals surface area contributed by atoms with Crippen molar-refractivity contribution in [2.24, 2.45) is 7.05 Å². The molecule has 0 unspecified atom stereocenters. The van der Waals surface area contributed by atoms with Crippen LogP contribution in [0.15, 0.2) is 29.2 Å². The summed E-state index contributed by atoms with van der Waals surface area (Å²) in [6.07, 6.45) is 2.63. The average molecular weight is 390 g/mol. The summed E-state index contributed by atoms with van der Waals surface area (Å²) < 4.78 is 31.1. The van der Waals surface area contributed by atoms with Crippen molar-refractivity contribution in [1.29, 1.82) is 0 Å². The average Bonchev–Trinajstić information content (AvgIpc) is 3.25. The SMILES string of the molecule is CCc1ccccc1NS(=O)(=O)c1c(C(=O)N2CCCC2)c(C)n(C)c1C. The summed E-state index contributed by atoms with van der Waals surface area (Å²) in [5.74, 6) is -0.196. The van der Waals surface area contributed by atoms with Gasteiger partial charge in [0.25, 0.3) is 15.9 Å². The van der Waals surface area contributed by atoms with Gasteiger partial charge >= 0.3 is 0 Å². The van der Waals surface area contributed by atoms with E-state index >= 15 is 0 Å². The molecule has 0 aliphatic carbocycles. The fourth-order valence-electron chi connectivity index (χ4n) is 3.70. The Morgan fingerprint density at radius 3 is 2.37 bits per heavy atom. The highest BCUT2D eigenvalue weighted by Crippen LogP contribution is 2.30. The van der Waals surface area contributed by atoms with Gasteiger partial charge in [0.05, 0.1) is 11.3 Å². The number of hydrogen-bond donors (Lipinski definition) is 1. The summed E-state index contributed by atoms with van der Waals surface area (Å²) in [5, 5.41) is 0. The number of amides is 1. The summed E-state index contributed by atoms with van der Waals surface area (Å²) in [6, 6.07) is 7.34. The number of sulfonamides is 1. The van der Waals surface area contributed by atoms with Crippen LogP contribution in [0.1, 0.15) is 47.1 Å². The molecule has 6 nitrogen and oxygen atoms in total. The number of carbonyl (C=O) groups excluding carboxylic acids is 1. The number of aromatic nitrogens is 1. The molecule has 27 heavy (non-hydrogen) atoms. The maximum Gasteiger partial charge on any atom is 0.264 e. The van der Waals surface area contributed by atoms with Gasteiger partial charge in [-0.1, -0.05) is 25.1 Å². The second-order valence-electron chi connectivity index (χ2n) is 7.05. The van der Waals surface area contributed by atoms with Crippen LogP contribution in [-0.4, -0.2) is 36.9 Å². The molecule has 0 bridgehead atoms. The number of hydrogen-bond acceptors (Lipinski definition) is 3. The Kier molecular flexibility index (Phi) is 5.33. The smallest absolute Gasteiger partial charge is 0.264 e. The molecule has 1 aliphatic rings. The topological polar surface area (TPSA) is 71.4 Å². The number of benzene rings is 1. The lowest BCUT2D eigenvalue weighted by atomic mass is 10.1. The first-order valence-corrected chi connectivity index (χ1v) is 10.8. The Bertz CT molecular complexity index is 971. The van der Waals surface area contributed by atoms with Gasteiger partial charge in [-0.15, -0.1) is 0 Å². The monoisotopic (exact) mass is 389 g/mol. The predicted molar refractivity (Wildman–Crippen MR) is 107 cm³/mol. The quantitative estimate of drug-likeness (QED) is 0.853. The molecule has 0 spiro atoms. The summed E-state index contributed by atoms with van der Waals surface area (Å²) in [6.45, 7) is 6.88. The molecular weight excluding hydrogens is 362 g/mol. The Labute approximate surface area is 161 Å². The number of nitrogens with one attached hydrogen (secondary N) is 1. The normalized spacial score (nSPS) is 14.6. The first-order valence-electron chi connectivity index (χ1n) is 9.33. The number of anilines is 1. The standard InChI is InChI=1S/C20H27N3O3S/c1-5-16-10-6-7-11-17(16)21-27(25,26)19-15(3)22(4)14(2)18(19)20(24)23-12-8-9-13-23/h6-7,10-11,21H,5,8-9,12-13H2,1-4H3. The van der Waals surface area contributed by atoms with Gasteiger partial charge in [-0.25, -0.2) is 8.42 Å². The van der Waals surface area contributed by atoms with E-state index in [9.17, 15) is 13.2 Å². The predicted octanol–water partition coefficient (Wildman–Crippen LogP) is 3.24. The number of para-hydroxylation sites is 1. The van der Waals surface area contributed by atoms with E-state index < -0.39 is 10.0 Å². The molecule has 1 aliphatic heterocycles. The van der Waals surface area contributed by atoms with Crippen molar-refractivity contribution in [3.05, 3.63) is 46.8 Å². The van der Waals surface area contributed by atoms with Gasteiger partial charge < -0.3 is 9.47 Å². The molecule has 1 aromatic heterocycles. The summed E-state index contributed by atoms with van der Waals surface area (Å²) in [4.78, 5) is 14.9. The number of rotatable bonds is 5. The van der Waals surface area contributed by atoms with Crippen molar-refractivity contribution >= 4 is 21.6 Å². The Morgan fingerprint density at radius 2 is 1.74 bits per heavy atom. The Hall–Kier alpha value is -2.28. The number of aryl methyl sites for hydroxylation is 1. The fraction of sp³-hybridized carbons (Fsp3) is 0.450. The molecule has 1 fully saturated rings. The highest BCUT2D eigenvalue weighted by Gasteiger charge is 2.33. The molecule has 1 aromatic carbocycles. The molecule has 0 atom stereocenters. The molecule has 7 heteroatoms. The zero-order valence-electron chi connectivity index (χ0n) is 16.4. The molecule has 1 saturated heterocycles. The Morgan fingerprint density at radius 1 is 1.11 bits per heavy atom. The Balaban J connectivity index is 2.09. The van der Waals surface area contributed by atoms with Crippen LogP contribution in [0.25, 0.3) is 0 Å². The van der Waals surface area contributed by atoms with Crippen molar-refractivity contribution in [2.75, 3.05) is 17.8 Å². The molecule has 1 amide bonds. The maximum atomic E-state index is 13.3. The lowest BCUT2D eigenvalue weighted by Gasteiger charge is -2.17. The zero-order chi connectivity index (χ0) is 19.8. The van der Waals surface area contributed by atoms with Crippen molar-refractivity contribution in [2.45, 2.75) is 44.9 Å². The zero-order valence-corrected chi connectivity index (χ0v) is 17.2. The van der Waals surface area contributed by atoms with Crippen LogP contribution in [-0.2, 0) is 23.5 Å². The summed E-state index contributed by atoms with van der Waals surface area (Å²) >= 11 is 0. The van der Waals surface area contributed by atoms with Gasteiger partial charge in [-0.2, -0.15) is 0 Å². The number of carbonyl (C=O) groups is 1. The second-order valence-corrected chi connectivity index (χ2v) is 8.67. The van der Waals surface area contributed by atoms with E-state index in [-0.39, 0.29) is 10.8 Å². The van der Waals surface area contributed by atoms with Crippen LogP contribution >= 0.6 is 0 Å². The largest absolute Gasteiger partial charge is 0.350 e. The van der Waals surface area contributed by atoms with E-state index in [1.54, 1.807) is 42.5 Å². The third-order valence-electron chi connectivity index (χ3n) is 5.44. The minimum atomic E-state index is -3.90. The summed E-state index contributed by atoms with van der Waals surface area (Å²) in [7, 11) is -2.11. The van der Waals surface area contributed by atoms with E-state index in [0.29, 0.717) is 42.1 Å². The van der Waals surface area contributed by atoms with Crippen LogP contribution < -0.4 is 4.72 Å². The molecule has 3 rings (SSSR count). The molecule has 146 valence electrons. The van der Waals surface area contributed by atoms with Gasteiger partial charge in [-0.3, -0.25) is 9.52 Å². The van der Waals surface area contributed by atoms with Crippen molar-refractivity contribution in [3.8, 4) is 0 Å². The van der Waals surface area contributed by atoms with Crippen molar-refractivity contribution in [3.63, 3.8) is 0 Å². The van der Waals surface area contributed by atoms with Crippen molar-refractivity contribution in [1.82, 2.24) is 9.47 Å². The van der Waals surface area contributed by atoms with Gasteiger partial charge in [0.15, 0.2) is 0 Å². The molecular formula is C20H27N3O3S. The fourth-order valence-corrected chi connectivity index (χ4v) is 5.32. The summed E-state index contributed by atoms with van der Waals surface area (Å²) in [5.41, 5.74) is 3.00. The minimum absolute atomic E-state index is 0.0882. The van der Waals surface area contributed by atoms with Gasteiger partial charge in [0.2, 0.25) is 0 Å². The van der Waals surface area contributed by atoms with Gasteiger partial charge in [0.1, 0.15) is 4.90 Å². The number of likely N-dealkylation sites (tertiary alicyclic amines) is 1. The number of nitrogens with zero attached hydrogens (tertiary/aromatic N) is 2. The molecule has 1 N–H and O–H groups in total. The van der Waals surface area contributed by atoms with E-state index in [4.69, 9.17) is 0 Å². The maximum absolute atomic E-state index is 13.3. The third kappa shape index (κ3) is 3.48. The lowest BCUT2D eigenvalue weighted by Crippen LogP contribution is -2.30. The van der Waals surface area contributed by atoms with Crippen LogP contribution in [0.4, 0.5) is 5.69 Å². The first-order chi connectivity index (χ1) is 12.8. The van der Waals surface area contributed by atoms with Crippen molar-refractivity contribution < 1.29 is 13.2 Å². The molecule has 2 heterocycles. The van der Waals surface area contributed by atoms with Crippen LogP contribution in [0.3, 0.4) is 0 Å².